The number of aromatic nitrogens is 3. The maximum Gasteiger partial charge on any atom is 0.416 e. The van der Waals surface area contributed by atoms with Crippen LogP contribution in [0.3, 0.4) is 0 Å². The normalized spacial score (nSPS) is 14.1. The highest BCUT2D eigenvalue weighted by Gasteiger charge is 2.37. The predicted molar refractivity (Wildman–Crippen MR) is 134 cm³/mol. The molecule has 0 spiro atoms. The predicted octanol–water partition coefficient (Wildman–Crippen LogP) is 6.60. The molecule has 0 aliphatic carbocycles. The smallest absolute Gasteiger partial charge is 0.349 e. The molecule has 0 fully saturated rings. The third kappa shape index (κ3) is 5.67. The van der Waals surface area contributed by atoms with Crippen LogP contribution in [0, 0.1) is 6.92 Å². The van der Waals surface area contributed by atoms with Gasteiger partial charge in [-0.1, -0.05) is 59.8 Å². The van der Waals surface area contributed by atoms with Crippen LogP contribution < -0.4 is 0 Å². The Morgan fingerprint density at radius 3 is 2.08 bits per heavy atom. The number of nitrogens with zero attached hydrogens (tertiary/aromatic N) is 5. The summed E-state index contributed by atoms with van der Waals surface area (Å²) < 4.78 is 82.1. The van der Waals surface area contributed by atoms with E-state index in [-0.39, 0.29) is 18.2 Å². The van der Waals surface area contributed by atoms with Gasteiger partial charge in [-0.05, 0) is 41.8 Å². The Morgan fingerprint density at radius 1 is 0.795 bits per heavy atom. The molecule has 0 saturated heterocycles. The molecule has 1 aromatic heterocycles. The largest absolute Gasteiger partial charge is 0.416 e. The molecule has 0 unspecified atom stereocenters. The molecule has 0 atom stereocenters. The molecular weight excluding hydrogens is 520 g/mol. The molecule has 11 heteroatoms. The van der Waals surface area contributed by atoms with Gasteiger partial charge in [0.15, 0.2) is 11.5 Å². The van der Waals surface area contributed by atoms with E-state index >= 15 is 0 Å². The third-order valence-corrected chi connectivity index (χ3v) is 6.53. The molecule has 5 rings (SSSR count). The summed E-state index contributed by atoms with van der Waals surface area (Å²) in [6.07, 6.45) is -9.89. The lowest BCUT2D eigenvalue weighted by Gasteiger charge is -2.21. The standard InChI is InChI=1S/C28H23F6N5/c1-18-7-5-6-10-21(18)17-38-12-11-35-26(38)24-25(20-8-3-2-4-9-20)39(37-36-24)16-19-13-22(27(29,30)31)15-23(14-19)28(32,33)34/h2-10,13-15H,11-12,16-17H2,1H3. The van der Waals surface area contributed by atoms with Gasteiger partial charge in [-0.25, -0.2) is 4.68 Å². The summed E-state index contributed by atoms with van der Waals surface area (Å²) in [6.45, 7) is 3.38. The van der Waals surface area contributed by atoms with Gasteiger partial charge in [-0.2, -0.15) is 26.3 Å². The Hall–Kier alpha value is -4.15. The molecule has 0 bridgehead atoms. The third-order valence-electron chi connectivity index (χ3n) is 6.53. The number of amidine groups is 1. The number of rotatable bonds is 6. The average Bonchev–Trinajstić information content (AvgIpc) is 3.51. The first-order valence-corrected chi connectivity index (χ1v) is 12.1. The first-order valence-electron chi connectivity index (χ1n) is 12.1. The van der Waals surface area contributed by atoms with Gasteiger partial charge in [0, 0.05) is 18.7 Å². The van der Waals surface area contributed by atoms with E-state index in [0.717, 1.165) is 11.1 Å². The van der Waals surface area contributed by atoms with Crippen LogP contribution >= 0.6 is 0 Å². The van der Waals surface area contributed by atoms with Crippen LogP contribution in [-0.4, -0.2) is 38.8 Å². The first kappa shape index (κ1) is 26.5. The Morgan fingerprint density at radius 2 is 1.44 bits per heavy atom. The molecule has 0 N–H and O–H groups in total. The lowest BCUT2D eigenvalue weighted by molar-refractivity contribution is -0.143. The van der Waals surface area contributed by atoms with Gasteiger partial charge in [0.05, 0.1) is 24.2 Å². The molecule has 202 valence electrons. The van der Waals surface area contributed by atoms with E-state index in [1.54, 1.807) is 30.3 Å². The van der Waals surface area contributed by atoms with Gasteiger partial charge in [0.1, 0.15) is 5.69 Å². The molecular formula is C28H23F6N5. The van der Waals surface area contributed by atoms with E-state index in [1.807, 2.05) is 31.2 Å². The average molecular weight is 544 g/mol. The summed E-state index contributed by atoms with van der Waals surface area (Å²) in [6, 6.07) is 18.4. The zero-order valence-corrected chi connectivity index (χ0v) is 20.8. The number of hydrogen-bond acceptors (Lipinski definition) is 4. The fraction of sp³-hybridized carbons (Fsp3) is 0.250. The zero-order valence-electron chi connectivity index (χ0n) is 20.8. The summed E-state index contributed by atoms with van der Waals surface area (Å²) in [4.78, 5) is 6.69. The summed E-state index contributed by atoms with van der Waals surface area (Å²) in [5.74, 6) is 0.573. The Labute approximate surface area is 220 Å². The Balaban J connectivity index is 1.57. The maximum absolute atomic E-state index is 13.5. The van der Waals surface area contributed by atoms with Gasteiger partial charge in [-0.3, -0.25) is 4.99 Å². The van der Waals surface area contributed by atoms with Crippen LogP contribution in [0.2, 0.25) is 0 Å². The quantitative estimate of drug-likeness (QED) is 0.258. The van der Waals surface area contributed by atoms with Crippen LogP contribution in [0.25, 0.3) is 11.3 Å². The minimum Gasteiger partial charge on any atom is -0.349 e. The zero-order chi connectivity index (χ0) is 27.8. The van der Waals surface area contributed by atoms with Crippen molar-refractivity contribution in [2.45, 2.75) is 32.4 Å². The highest BCUT2D eigenvalue weighted by molar-refractivity contribution is 6.02. The fourth-order valence-corrected chi connectivity index (χ4v) is 4.59. The second-order valence-electron chi connectivity index (χ2n) is 9.28. The minimum absolute atomic E-state index is 0.116. The summed E-state index contributed by atoms with van der Waals surface area (Å²) in [5, 5.41) is 8.50. The van der Waals surface area contributed by atoms with Crippen molar-refractivity contribution < 1.29 is 26.3 Å². The van der Waals surface area contributed by atoms with Gasteiger partial charge >= 0.3 is 12.4 Å². The van der Waals surface area contributed by atoms with Crippen molar-refractivity contribution in [3.05, 3.63) is 106 Å². The van der Waals surface area contributed by atoms with Crippen molar-refractivity contribution in [2.24, 2.45) is 4.99 Å². The molecule has 5 nitrogen and oxygen atoms in total. The van der Waals surface area contributed by atoms with Crippen LogP contribution in [0.5, 0.6) is 0 Å². The second-order valence-corrected chi connectivity index (χ2v) is 9.28. The van der Waals surface area contributed by atoms with Crippen molar-refractivity contribution in [3.63, 3.8) is 0 Å². The molecule has 0 saturated carbocycles. The summed E-state index contributed by atoms with van der Waals surface area (Å²) in [5.41, 5.74) is 0.788. The van der Waals surface area contributed by atoms with Crippen LogP contribution in [-0.2, 0) is 25.4 Å². The SMILES string of the molecule is Cc1ccccc1CN1CCN=C1c1nnn(Cc2cc(C(F)(F)F)cc(C(F)(F)F)c2)c1-c1ccccc1. The van der Waals surface area contributed by atoms with E-state index in [2.05, 4.69) is 20.2 Å². The van der Waals surface area contributed by atoms with Crippen LogP contribution in [0.1, 0.15) is 33.5 Å². The topological polar surface area (TPSA) is 46.3 Å². The monoisotopic (exact) mass is 543 g/mol. The number of benzene rings is 3. The van der Waals surface area contributed by atoms with Crippen molar-refractivity contribution in [2.75, 3.05) is 13.1 Å². The van der Waals surface area contributed by atoms with Crippen molar-refractivity contribution in [1.82, 2.24) is 19.9 Å². The lowest BCUT2D eigenvalue weighted by atomic mass is 10.0. The van der Waals surface area contributed by atoms with Gasteiger partial charge in [0.25, 0.3) is 0 Å². The molecule has 0 radical (unpaired) electrons. The Bertz CT molecular complexity index is 1470. The highest BCUT2D eigenvalue weighted by Crippen LogP contribution is 2.37. The van der Waals surface area contributed by atoms with Crippen LogP contribution in [0.4, 0.5) is 26.3 Å². The Kier molecular flexibility index (Phi) is 6.92. The summed E-state index contributed by atoms with van der Waals surface area (Å²) >= 11 is 0. The van der Waals surface area contributed by atoms with E-state index in [4.69, 9.17) is 0 Å². The van der Waals surface area contributed by atoms with Crippen LogP contribution in [0.15, 0.2) is 77.8 Å². The molecule has 1 aliphatic rings. The summed E-state index contributed by atoms with van der Waals surface area (Å²) in [7, 11) is 0. The van der Waals surface area contributed by atoms with E-state index < -0.39 is 23.5 Å². The number of aliphatic imine (C=N–C) groups is 1. The molecule has 3 aromatic carbocycles. The first-order chi connectivity index (χ1) is 18.5. The maximum atomic E-state index is 13.5. The number of alkyl halides is 6. The molecule has 1 aliphatic heterocycles. The lowest BCUT2D eigenvalue weighted by Crippen LogP contribution is -2.29. The van der Waals surface area contributed by atoms with Gasteiger partial charge in [-0.15, -0.1) is 5.10 Å². The van der Waals surface area contributed by atoms with E-state index in [1.165, 1.54) is 4.68 Å². The van der Waals surface area contributed by atoms with Crippen molar-refractivity contribution >= 4 is 5.84 Å². The van der Waals surface area contributed by atoms with E-state index in [9.17, 15) is 26.3 Å². The minimum atomic E-state index is -4.94. The number of halogens is 6. The number of hydrogen-bond donors (Lipinski definition) is 0. The molecule has 0 amide bonds. The fourth-order valence-electron chi connectivity index (χ4n) is 4.59. The number of aryl methyl sites for hydroxylation is 1. The van der Waals surface area contributed by atoms with Crippen molar-refractivity contribution in [1.29, 1.82) is 0 Å². The van der Waals surface area contributed by atoms with Crippen molar-refractivity contribution in [3.8, 4) is 11.3 Å². The molecule has 4 aromatic rings. The molecule has 2 heterocycles. The van der Waals surface area contributed by atoms with Gasteiger partial charge < -0.3 is 4.90 Å². The molecule has 39 heavy (non-hydrogen) atoms. The van der Waals surface area contributed by atoms with Gasteiger partial charge in [0.2, 0.25) is 0 Å². The highest BCUT2D eigenvalue weighted by atomic mass is 19.4. The van der Waals surface area contributed by atoms with E-state index in [0.29, 0.717) is 54.6 Å². The second kappa shape index (κ2) is 10.2.